The molecule has 0 atom stereocenters. The molecule has 0 spiro atoms. The van der Waals surface area contributed by atoms with Crippen molar-refractivity contribution in [2.45, 2.75) is 33.1 Å². The van der Waals surface area contributed by atoms with Gasteiger partial charge in [-0.1, -0.05) is 32.4 Å². The summed E-state index contributed by atoms with van der Waals surface area (Å²) in [6, 6.07) is 6.56. The fraction of sp³-hybridized carbons (Fsp3) is 0.467. The number of esters is 2. The standard InChI is InChI=1S/C15H20O4/c1-3-5-11-19-15(17)13-9-7-6-8-12(13)14(16)18-10-4-2/h6-9H,3-5,10-11H2,1-2H3. The van der Waals surface area contributed by atoms with Crippen molar-refractivity contribution in [3.05, 3.63) is 35.4 Å². The molecule has 0 saturated heterocycles. The first-order valence-electron chi connectivity index (χ1n) is 6.64. The highest BCUT2D eigenvalue weighted by atomic mass is 16.5. The molecule has 0 aliphatic carbocycles. The third-order valence-electron chi connectivity index (χ3n) is 2.54. The Morgan fingerprint density at radius 1 is 0.895 bits per heavy atom. The average molecular weight is 264 g/mol. The van der Waals surface area contributed by atoms with E-state index >= 15 is 0 Å². The Morgan fingerprint density at radius 3 is 1.89 bits per heavy atom. The molecule has 0 amide bonds. The molecular weight excluding hydrogens is 244 g/mol. The summed E-state index contributed by atoms with van der Waals surface area (Å²) in [4.78, 5) is 23.7. The topological polar surface area (TPSA) is 52.6 Å². The molecule has 0 fully saturated rings. The van der Waals surface area contributed by atoms with E-state index in [1.165, 1.54) is 0 Å². The second kappa shape index (κ2) is 8.29. The van der Waals surface area contributed by atoms with Gasteiger partial charge in [-0.15, -0.1) is 0 Å². The summed E-state index contributed by atoms with van der Waals surface area (Å²) in [7, 11) is 0. The number of carbonyl (C=O) groups is 2. The molecule has 0 heterocycles. The highest BCUT2D eigenvalue weighted by Crippen LogP contribution is 2.12. The van der Waals surface area contributed by atoms with E-state index in [0.29, 0.717) is 13.2 Å². The predicted molar refractivity (Wildman–Crippen MR) is 72.2 cm³/mol. The van der Waals surface area contributed by atoms with Gasteiger partial charge in [0.2, 0.25) is 0 Å². The first-order valence-corrected chi connectivity index (χ1v) is 6.64. The zero-order valence-electron chi connectivity index (χ0n) is 11.5. The molecule has 0 radical (unpaired) electrons. The fourth-order valence-electron chi connectivity index (χ4n) is 1.50. The van der Waals surface area contributed by atoms with Crippen molar-refractivity contribution < 1.29 is 19.1 Å². The summed E-state index contributed by atoms with van der Waals surface area (Å²) in [5.74, 6) is -0.956. The summed E-state index contributed by atoms with van der Waals surface area (Å²) >= 11 is 0. The quantitative estimate of drug-likeness (QED) is 0.560. The molecule has 1 aromatic rings. The van der Waals surface area contributed by atoms with Gasteiger partial charge in [0, 0.05) is 0 Å². The minimum Gasteiger partial charge on any atom is -0.462 e. The lowest BCUT2D eigenvalue weighted by Gasteiger charge is -2.09. The van der Waals surface area contributed by atoms with Gasteiger partial charge in [-0.2, -0.15) is 0 Å². The Balaban J connectivity index is 2.77. The van der Waals surface area contributed by atoms with Crippen LogP contribution in [0.2, 0.25) is 0 Å². The molecule has 0 unspecified atom stereocenters. The second-order valence-electron chi connectivity index (χ2n) is 4.17. The van der Waals surface area contributed by atoms with Gasteiger partial charge < -0.3 is 9.47 Å². The third kappa shape index (κ3) is 4.73. The van der Waals surface area contributed by atoms with Crippen LogP contribution in [0.15, 0.2) is 24.3 Å². The number of hydrogen-bond donors (Lipinski definition) is 0. The lowest BCUT2D eigenvalue weighted by atomic mass is 10.1. The molecule has 4 nitrogen and oxygen atoms in total. The number of rotatable bonds is 7. The summed E-state index contributed by atoms with van der Waals surface area (Å²) in [6.07, 6.45) is 2.51. The van der Waals surface area contributed by atoms with Gasteiger partial charge in [0.1, 0.15) is 0 Å². The van der Waals surface area contributed by atoms with Crippen molar-refractivity contribution >= 4 is 11.9 Å². The van der Waals surface area contributed by atoms with E-state index in [1.807, 2.05) is 13.8 Å². The smallest absolute Gasteiger partial charge is 0.339 e. The Morgan fingerprint density at radius 2 is 1.42 bits per heavy atom. The number of ether oxygens (including phenoxy) is 2. The Hall–Kier alpha value is -1.84. The molecule has 4 heteroatoms. The van der Waals surface area contributed by atoms with Gasteiger partial charge in [0.15, 0.2) is 0 Å². The van der Waals surface area contributed by atoms with Crippen molar-refractivity contribution in [1.29, 1.82) is 0 Å². The molecule has 0 bridgehead atoms. The largest absolute Gasteiger partial charge is 0.462 e. The van der Waals surface area contributed by atoms with Gasteiger partial charge in [0.25, 0.3) is 0 Å². The minimum absolute atomic E-state index is 0.262. The lowest BCUT2D eigenvalue weighted by Crippen LogP contribution is -2.14. The molecule has 0 aromatic heterocycles. The maximum atomic E-state index is 11.9. The molecule has 0 aliphatic heterocycles. The van der Waals surface area contributed by atoms with Crippen molar-refractivity contribution in [3.63, 3.8) is 0 Å². The predicted octanol–water partition coefficient (Wildman–Crippen LogP) is 3.21. The SMILES string of the molecule is CCCCOC(=O)c1ccccc1C(=O)OCCC. The first kappa shape index (κ1) is 15.2. The van der Waals surface area contributed by atoms with Crippen LogP contribution in [0.4, 0.5) is 0 Å². The van der Waals surface area contributed by atoms with Crippen LogP contribution in [-0.2, 0) is 9.47 Å². The van der Waals surface area contributed by atoms with Crippen LogP contribution >= 0.6 is 0 Å². The molecule has 0 aliphatic rings. The van der Waals surface area contributed by atoms with E-state index in [2.05, 4.69) is 0 Å². The molecule has 0 N–H and O–H groups in total. The monoisotopic (exact) mass is 264 g/mol. The van der Waals surface area contributed by atoms with E-state index in [1.54, 1.807) is 24.3 Å². The van der Waals surface area contributed by atoms with Crippen LogP contribution in [-0.4, -0.2) is 25.2 Å². The average Bonchev–Trinajstić information content (AvgIpc) is 2.45. The molecule has 1 rings (SSSR count). The molecular formula is C15H20O4. The van der Waals surface area contributed by atoms with Crippen LogP contribution in [0.3, 0.4) is 0 Å². The van der Waals surface area contributed by atoms with E-state index in [4.69, 9.17) is 9.47 Å². The lowest BCUT2D eigenvalue weighted by molar-refractivity contribution is 0.0455. The Labute approximate surface area is 113 Å². The highest BCUT2D eigenvalue weighted by Gasteiger charge is 2.18. The minimum atomic E-state index is -0.482. The molecule has 0 saturated carbocycles. The summed E-state index contributed by atoms with van der Waals surface area (Å²) in [6.45, 7) is 4.65. The maximum absolute atomic E-state index is 11.9. The van der Waals surface area contributed by atoms with E-state index < -0.39 is 11.9 Å². The summed E-state index contributed by atoms with van der Waals surface area (Å²) in [5, 5.41) is 0. The van der Waals surface area contributed by atoms with Gasteiger partial charge in [-0.25, -0.2) is 9.59 Å². The third-order valence-corrected chi connectivity index (χ3v) is 2.54. The van der Waals surface area contributed by atoms with Crippen LogP contribution in [0.5, 0.6) is 0 Å². The van der Waals surface area contributed by atoms with Crippen molar-refractivity contribution in [1.82, 2.24) is 0 Å². The van der Waals surface area contributed by atoms with Crippen molar-refractivity contribution in [2.24, 2.45) is 0 Å². The van der Waals surface area contributed by atoms with Crippen LogP contribution in [0, 0.1) is 0 Å². The second-order valence-corrected chi connectivity index (χ2v) is 4.17. The van der Waals surface area contributed by atoms with Crippen LogP contribution in [0.25, 0.3) is 0 Å². The molecule has 19 heavy (non-hydrogen) atoms. The zero-order chi connectivity index (χ0) is 14.1. The highest BCUT2D eigenvalue weighted by molar-refractivity contribution is 6.03. The van der Waals surface area contributed by atoms with Gasteiger partial charge in [-0.3, -0.25) is 0 Å². The fourth-order valence-corrected chi connectivity index (χ4v) is 1.50. The number of carbonyl (C=O) groups excluding carboxylic acids is 2. The number of hydrogen-bond acceptors (Lipinski definition) is 4. The Kier molecular flexibility index (Phi) is 6.64. The van der Waals surface area contributed by atoms with Crippen molar-refractivity contribution in [3.8, 4) is 0 Å². The van der Waals surface area contributed by atoms with Gasteiger partial charge >= 0.3 is 11.9 Å². The summed E-state index contributed by atoms with van der Waals surface area (Å²) in [5.41, 5.74) is 0.525. The van der Waals surface area contributed by atoms with E-state index in [-0.39, 0.29) is 11.1 Å². The summed E-state index contributed by atoms with van der Waals surface area (Å²) < 4.78 is 10.2. The molecule has 104 valence electrons. The van der Waals surface area contributed by atoms with Crippen molar-refractivity contribution in [2.75, 3.05) is 13.2 Å². The van der Waals surface area contributed by atoms with Crippen LogP contribution < -0.4 is 0 Å². The maximum Gasteiger partial charge on any atom is 0.339 e. The number of unbranched alkanes of at least 4 members (excludes halogenated alkanes) is 1. The molecule has 1 aromatic carbocycles. The van der Waals surface area contributed by atoms with Gasteiger partial charge in [-0.05, 0) is 25.0 Å². The first-order chi connectivity index (χ1) is 9.20. The van der Waals surface area contributed by atoms with E-state index in [0.717, 1.165) is 19.3 Å². The zero-order valence-corrected chi connectivity index (χ0v) is 11.5. The normalized spacial score (nSPS) is 10.0. The van der Waals surface area contributed by atoms with E-state index in [9.17, 15) is 9.59 Å². The van der Waals surface area contributed by atoms with Crippen LogP contribution in [0.1, 0.15) is 53.8 Å². The Bertz CT molecular complexity index is 426. The number of benzene rings is 1. The van der Waals surface area contributed by atoms with Gasteiger partial charge in [0.05, 0.1) is 24.3 Å².